The first-order chi connectivity index (χ1) is 5.58. The number of methoxy groups -OCH3 is 1. The molecule has 5 nitrogen and oxygen atoms in total. The summed E-state index contributed by atoms with van der Waals surface area (Å²) in [5.41, 5.74) is -1.07. The molecule has 1 heterocycles. The van der Waals surface area contributed by atoms with Gasteiger partial charge in [-0.15, -0.1) is 0 Å². The maximum Gasteiger partial charge on any atom is 0.160 e. The van der Waals surface area contributed by atoms with Crippen LogP contribution in [0.1, 0.15) is 12.7 Å². The maximum absolute atomic E-state index is 9.81. The summed E-state index contributed by atoms with van der Waals surface area (Å²) in [5, 5.41) is 13.7. The Morgan fingerprint density at radius 2 is 2.42 bits per heavy atom. The van der Waals surface area contributed by atoms with Crippen LogP contribution in [0.2, 0.25) is 0 Å². The molecule has 1 rings (SSSR count). The molecule has 1 N–H and O–H groups in total. The van der Waals surface area contributed by atoms with Gasteiger partial charge in [-0.2, -0.15) is 5.10 Å². The van der Waals surface area contributed by atoms with E-state index >= 15 is 0 Å². The van der Waals surface area contributed by atoms with Gasteiger partial charge in [0.2, 0.25) is 0 Å². The van der Waals surface area contributed by atoms with Gasteiger partial charge in [-0.1, -0.05) is 0 Å². The predicted molar refractivity (Wildman–Crippen MR) is 42.4 cm³/mol. The molecule has 5 heteroatoms. The van der Waals surface area contributed by atoms with Crippen molar-refractivity contribution in [3.05, 3.63) is 12.2 Å². The van der Waals surface area contributed by atoms with Gasteiger partial charge in [-0.25, -0.2) is 4.98 Å². The van der Waals surface area contributed by atoms with Crippen molar-refractivity contribution in [1.29, 1.82) is 0 Å². The Balaban J connectivity index is 2.88. The number of aromatic nitrogens is 3. The molecule has 0 bridgehead atoms. The van der Waals surface area contributed by atoms with Crippen molar-refractivity contribution in [2.75, 3.05) is 13.7 Å². The van der Waals surface area contributed by atoms with Crippen molar-refractivity contribution in [2.24, 2.45) is 7.05 Å². The molecule has 0 radical (unpaired) electrons. The van der Waals surface area contributed by atoms with E-state index in [9.17, 15) is 5.11 Å². The van der Waals surface area contributed by atoms with E-state index in [-0.39, 0.29) is 6.61 Å². The number of rotatable bonds is 3. The normalized spacial score (nSPS) is 16.0. The smallest absolute Gasteiger partial charge is 0.160 e. The highest BCUT2D eigenvalue weighted by Crippen LogP contribution is 2.16. The lowest BCUT2D eigenvalue weighted by Crippen LogP contribution is -2.30. The Labute approximate surface area is 71.0 Å². The molecule has 1 unspecified atom stereocenters. The summed E-state index contributed by atoms with van der Waals surface area (Å²) in [6, 6.07) is 0. The van der Waals surface area contributed by atoms with Crippen LogP contribution >= 0.6 is 0 Å². The zero-order valence-corrected chi connectivity index (χ0v) is 7.48. The molecular weight excluding hydrogens is 158 g/mol. The van der Waals surface area contributed by atoms with Gasteiger partial charge in [-0.05, 0) is 6.92 Å². The number of nitrogens with zero attached hydrogens (tertiary/aromatic N) is 3. The lowest BCUT2D eigenvalue weighted by molar-refractivity contribution is -0.0297. The Bertz CT molecular complexity index is 257. The second-order valence-electron chi connectivity index (χ2n) is 2.91. The molecule has 0 aliphatic heterocycles. The molecule has 0 saturated carbocycles. The topological polar surface area (TPSA) is 60.2 Å². The number of aliphatic hydroxyl groups is 1. The number of hydrogen-bond acceptors (Lipinski definition) is 4. The Morgan fingerprint density at radius 1 is 1.75 bits per heavy atom. The van der Waals surface area contributed by atoms with E-state index in [0.717, 1.165) is 0 Å². The Hall–Kier alpha value is -0.940. The Morgan fingerprint density at radius 3 is 2.83 bits per heavy atom. The van der Waals surface area contributed by atoms with Crippen molar-refractivity contribution in [3.8, 4) is 0 Å². The third-order valence-electron chi connectivity index (χ3n) is 1.62. The summed E-state index contributed by atoms with van der Waals surface area (Å²) in [5.74, 6) is 0.504. The quantitative estimate of drug-likeness (QED) is 0.676. The second kappa shape index (κ2) is 3.20. The maximum atomic E-state index is 9.81. The highest BCUT2D eigenvalue weighted by Gasteiger charge is 2.27. The summed E-state index contributed by atoms with van der Waals surface area (Å²) in [7, 11) is 3.26. The van der Waals surface area contributed by atoms with Crippen LogP contribution in [0.15, 0.2) is 6.33 Å². The molecule has 12 heavy (non-hydrogen) atoms. The van der Waals surface area contributed by atoms with E-state index in [1.54, 1.807) is 14.0 Å². The summed E-state index contributed by atoms with van der Waals surface area (Å²) >= 11 is 0. The van der Waals surface area contributed by atoms with E-state index < -0.39 is 5.60 Å². The first-order valence-corrected chi connectivity index (χ1v) is 3.63. The first kappa shape index (κ1) is 9.15. The molecule has 0 spiro atoms. The van der Waals surface area contributed by atoms with Gasteiger partial charge >= 0.3 is 0 Å². The van der Waals surface area contributed by atoms with Crippen molar-refractivity contribution in [1.82, 2.24) is 14.8 Å². The molecule has 0 aromatic carbocycles. The molecule has 68 valence electrons. The summed E-state index contributed by atoms with van der Waals surface area (Å²) < 4.78 is 6.38. The van der Waals surface area contributed by atoms with E-state index in [1.165, 1.54) is 18.1 Å². The lowest BCUT2D eigenvalue weighted by Gasteiger charge is -2.20. The van der Waals surface area contributed by atoms with Crippen LogP contribution in [-0.4, -0.2) is 33.6 Å². The summed E-state index contributed by atoms with van der Waals surface area (Å²) in [6.45, 7) is 1.85. The predicted octanol–water partition coefficient (Wildman–Crippen LogP) is -0.331. The van der Waals surface area contributed by atoms with Gasteiger partial charge in [0.25, 0.3) is 0 Å². The first-order valence-electron chi connectivity index (χ1n) is 3.63. The van der Waals surface area contributed by atoms with Crippen molar-refractivity contribution in [2.45, 2.75) is 12.5 Å². The minimum absolute atomic E-state index is 0.208. The number of ether oxygens (including phenoxy) is 1. The third kappa shape index (κ3) is 1.62. The van der Waals surface area contributed by atoms with E-state index in [2.05, 4.69) is 10.1 Å². The van der Waals surface area contributed by atoms with Crippen LogP contribution in [0.4, 0.5) is 0 Å². The molecular formula is C7H13N3O2. The van der Waals surface area contributed by atoms with Gasteiger partial charge in [0.1, 0.15) is 11.9 Å². The highest BCUT2D eigenvalue weighted by atomic mass is 16.5. The standard InChI is InChI=1S/C7H13N3O2/c1-7(11,4-12-3)6-8-5-9-10(6)2/h5,11H,4H2,1-3H3. The van der Waals surface area contributed by atoms with Crippen LogP contribution in [0.5, 0.6) is 0 Å². The van der Waals surface area contributed by atoms with Gasteiger partial charge in [-0.3, -0.25) is 4.68 Å². The fraction of sp³-hybridized carbons (Fsp3) is 0.714. The summed E-state index contributed by atoms with van der Waals surface area (Å²) in [4.78, 5) is 3.93. The minimum atomic E-state index is -1.07. The van der Waals surface area contributed by atoms with Crippen molar-refractivity contribution < 1.29 is 9.84 Å². The Kier molecular flexibility index (Phi) is 2.44. The SMILES string of the molecule is COCC(C)(O)c1ncnn1C. The zero-order valence-electron chi connectivity index (χ0n) is 7.48. The largest absolute Gasteiger partial charge is 0.381 e. The molecule has 0 aliphatic rings. The molecule has 0 amide bonds. The fourth-order valence-corrected chi connectivity index (χ4v) is 1.13. The molecule has 0 fully saturated rings. The summed E-state index contributed by atoms with van der Waals surface area (Å²) in [6.07, 6.45) is 1.40. The fourth-order valence-electron chi connectivity index (χ4n) is 1.13. The zero-order chi connectivity index (χ0) is 9.19. The lowest BCUT2D eigenvalue weighted by atomic mass is 10.1. The van der Waals surface area contributed by atoms with Gasteiger partial charge in [0.15, 0.2) is 5.82 Å². The third-order valence-corrected chi connectivity index (χ3v) is 1.62. The van der Waals surface area contributed by atoms with Gasteiger partial charge in [0, 0.05) is 14.2 Å². The highest BCUT2D eigenvalue weighted by molar-refractivity contribution is 4.98. The molecule has 0 aliphatic carbocycles. The monoisotopic (exact) mass is 171 g/mol. The van der Waals surface area contributed by atoms with Gasteiger partial charge < -0.3 is 9.84 Å². The molecule has 1 aromatic heterocycles. The van der Waals surface area contributed by atoms with Crippen molar-refractivity contribution in [3.63, 3.8) is 0 Å². The van der Waals surface area contributed by atoms with E-state index in [1.807, 2.05) is 0 Å². The molecule has 0 saturated heterocycles. The number of aryl methyl sites for hydroxylation is 1. The van der Waals surface area contributed by atoms with Crippen LogP contribution in [0.25, 0.3) is 0 Å². The average molecular weight is 171 g/mol. The average Bonchev–Trinajstić information content (AvgIpc) is 2.35. The second-order valence-corrected chi connectivity index (χ2v) is 2.91. The minimum Gasteiger partial charge on any atom is -0.381 e. The van der Waals surface area contributed by atoms with E-state index in [0.29, 0.717) is 5.82 Å². The van der Waals surface area contributed by atoms with Crippen LogP contribution in [0.3, 0.4) is 0 Å². The molecule has 1 atom stereocenters. The number of hydrogen-bond donors (Lipinski definition) is 1. The van der Waals surface area contributed by atoms with Gasteiger partial charge in [0.05, 0.1) is 6.61 Å². The van der Waals surface area contributed by atoms with Crippen LogP contribution in [-0.2, 0) is 17.4 Å². The van der Waals surface area contributed by atoms with Crippen LogP contribution < -0.4 is 0 Å². The van der Waals surface area contributed by atoms with Crippen LogP contribution in [0, 0.1) is 0 Å². The molecule has 1 aromatic rings. The van der Waals surface area contributed by atoms with Crippen molar-refractivity contribution >= 4 is 0 Å². The van der Waals surface area contributed by atoms with E-state index in [4.69, 9.17) is 4.74 Å².